The monoisotopic (exact) mass is 495 g/mol. The number of aromatic nitrogens is 4. The van der Waals surface area contributed by atoms with E-state index in [1.165, 1.54) is 0 Å². The molecule has 2 N–H and O–H groups in total. The number of aromatic amines is 1. The Labute approximate surface area is 212 Å². The molecule has 1 saturated carbocycles. The molecule has 8 nitrogen and oxygen atoms in total. The van der Waals surface area contributed by atoms with Gasteiger partial charge < -0.3 is 15.0 Å². The summed E-state index contributed by atoms with van der Waals surface area (Å²) in [7, 11) is 0. The zero-order valence-corrected chi connectivity index (χ0v) is 21.7. The third-order valence-electron chi connectivity index (χ3n) is 7.45. The minimum atomic E-state index is -1.06. The first kappa shape index (κ1) is 24.9. The summed E-state index contributed by atoms with van der Waals surface area (Å²) in [6.07, 6.45) is 5.00. The highest BCUT2D eigenvalue weighted by Crippen LogP contribution is 2.40. The summed E-state index contributed by atoms with van der Waals surface area (Å²) in [5.74, 6) is 1.75. The maximum atomic E-state index is 15.1. The Bertz CT molecular complexity index is 1160. The number of nitrogens with one attached hydrogen (secondary N) is 2. The van der Waals surface area contributed by atoms with E-state index in [0.717, 1.165) is 86.0 Å². The molecule has 36 heavy (non-hydrogen) atoms. The molecule has 0 bridgehead atoms. The molecular weight excluding hydrogens is 457 g/mol. The zero-order valence-electron chi connectivity index (χ0n) is 21.7. The summed E-state index contributed by atoms with van der Waals surface area (Å²) < 4.78 is 21.3. The van der Waals surface area contributed by atoms with Gasteiger partial charge in [0.2, 0.25) is 0 Å². The minimum absolute atomic E-state index is 0.0303. The first-order valence-corrected chi connectivity index (χ1v) is 13.4. The van der Waals surface area contributed by atoms with Gasteiger partial charge in [-0.2, -0.15) is 5.10 Å². The van der Waals surface area contributed by atoms with Gasteiger partial charge in [-0.25, -0.2) is 14.4 Å². The lowest BCUT2D eigenvalue weighted by atomic mass is 9.93. The molecule has 1 aromatic carbocycles. The van der Waals surface area contributed by atoms with Crippen LogP contribution in [0.5, 0.6) is 5.75 Å². The van der Waals surface area contributed by atoms with Crippen LogP contribution in [-0.4, -0.2) is 82.1 Å². The molecule has 4 heterocycles. The molecule has 0 atom stereocenters. The first-order valence-electron chi connectivity index (χ1n) is 13.4. The highest BCUT2D eigenvalue weighted by molar-refractivity contribution is 5.93. The largest absolute Gasteiger partial charge is 0.488 e. The van der Waals surface area contributed by atoms with Crippen molar-refractivity contribution in [2.45, 2.75) is 57.7 Å². The number of hydrogen-bond donors (Lipinski definition) is 2. The molecule has 2 aromatic heterocycles. The van der Waals surface area contributed by atoms with E-state index in [4.69, 9.17) is 4.74 Å². The van der Waals surface area contributed by atoms with Crippen molar-refractivity contribution in [2.75, 3.05) is 50.7 Å². The van der Waals surface area contributed by atoms with Gasteiger partial charge in [0.1, 0.15) is 34.9 Å². The minimum Gasteiger partial charge on any atom is -0.488 e. The van der Waals surface area contributed by atoms with E-state index in [-0.39, 0.29) is 5.60 Å². The predicted octanol–water partition coefficient (Wildman–Crippen LogP) is 4.19. The third-order valence-corrected chi connectivity index (χ3v) is 7.45. The van der Waals surface area contributed by atoms with Crippen molar-refractivity contribution < 1.29 is 9.13 Å². The third kappa shape index (κ3) is 5.47. The van der Waals surface area contributed by atoms with Gasteiger partial charge in [-0.15, -0.1) is 0 Å². The second-order valence-electron chi connectivity index (χ2n) is 10.3. The average molecular weight is 496 g/mol. The van der Waals surface area contributed by atoms with Gasteiger partial charge in [-0.1, -0.05) is 13.8 Å². The molecule has 2 aliphatic heterocycles. The Morgan fingerprint density at radius 3 is 2.47 bits per heavy atom. The Kier molecular flexibility index (Phi) is 7.12. The Morgan fingerprint density at radius 1 is 1.00 bits per heavy atom. The maximum absolute atomic E-state index is 15.1. The van der Waals surface area contributed by atoms with E-state index in [9.17, 15) is 0 Å². The molecule has 0 radical (unpaired) electrons. The average Bonchev–Trinajstić information content (AvgIpc) is 3.48. The van der Waals surface area contributed by atoms with Gasteiger partial charge in [0.05, 0.1) is 11.2 Å². The summed E-state index contributed by atoms with van der Waals surface area (Å²) in [4.78, 5) is 13.6. The molecule has 3 fully saturated rings. The van der Waals surface area contributed by atoms with E-state index in [0.29, 0.717) is 19.4 Å². The highest BCUT2D eigenvalue weighted by atomic mass is 19.1. The number of halogens is 1. The van der Waals surface area contributed by atoms with Gasteiger partial charge >= 0.3 is 0 Å². The Morgan fingerprint density at radius 2 is 1.75 bits per heavy atom. The SMILES string of the molecule is CC.CC1(Oc2ccc3[nH]nc(-c4cc(N5CCN(CC6(F)CCNCC6)CC5)ncn4)c3c2)CC1. The predicted molar refractivity (Wildman–Crippen MR) is 141 cm³/mol. The summed E-state index contributed by atoms with van der Waals surface area (Å²) in [6.45, 7) is 11.5. The van der Waals surface area contributed by atoms with Crippen LogP contribution in [0, 0.1) is 0 Å². The van der Waals surface area contributed by atoms with Crippen LogP contribution in [0.2, 0.25) is 0 Å². The van der Waals surface area contributed by atoms with Crippen molar-refractivity contribution in [1.29, 1.82) is 0 Å². The van der Waals surface area contributed by atoms with Crippen molar-refractivity contribution in [3.63, 3.8) is 0 Å². The van der Waals surface area contributed by atoms with Gasteiger partial charge in [-0.05, 0) is 63.9 Å². The van der Waals surface area contributed by atoms with Crippen LogP contribution in [0.15, 0.2) is 30.6 Å². The molecule has 0 spiro atoms. The first-order chi connectivity index (χ1) is 17.5. The molecule has 6 rings (SSSR count). The van der Waals surface area contributed by atoms with E-state index in [1.54, 1.807) is 6.33 Å². The number of fused-ring (bicyclic) bond motifs is 1. The molecule has 194 valence electrons. The summed E-state index contributed by atoms with van der Waals surface area (Å²) in [5, 5.41) is 11.9. The van der Waals surface area contributed by atoms with E-state index >= 15 is 4.39 Å². The Balaban J connectivity index is 0.00000130. The second kappa shape index (κ2) is 10.3. The maximum Gasteiger partial charge on any atom is 0.132 e. The van der Waals surface area contributed by atoms with Crippen molar-refractivity contribution >= 4 is 16.7 Å². The summed E-state index contributed by atoms with van der Waals surface area (Å²) >= 11 is 0. The van der Waals surface area contributed by atoms with Crippen LogP contribution >= 0.6 is 0 Å². The quantitative estimate of drug-likeness (QED) is 0.531. The van der Waals surface area contributed by atoms with Crippen LogP contribution < -0.4 is 15.0 Å². The van der Waals surface area contributed by atoms with E-state index in [2.05, 4.69) is 42.2 Å². The van der Waals surface area contributed by atoms with Crippen LogP contribution in [0.25, 0.3) is 22.3 Å². The normalized spacial score (nSPS) is 21.1. The number of ether oxygens (including phenoxy) is 1. The highest BCUT2D eigenvalue weighted by Gasteiger charge is 2.40. The number of alkyl halides is 1. The van der Waals surface area contributed by atoms with Gasteiger partial charge in [0, 0.05) is 44.2 Å². The number of piperidine rings is 1. The van der Waals surface area contributed by atoms with Gasteiger partial charge in [0.15, 0.2) is 0 Å². The van der Waals surface area contributed by atoms with Gasteiger partial charge in [-0.3, -0.25) is 10.00 Å². The standard InChI is InChI=1S/C25H32FN7O.C2H6/c1-24(4-5-24)34-18-2-3-20-19(14-18)23(31-30-20)21-15-22(29-17-28-21)33-12-10-32(11-13-33)16-25(26)6-8-27-9-7-25;1-2/h2-3,14-15,17,27H,4-13,16H2,1H3,(H,30,31);1-2H3. The topological polar surface area (TPSA) is 82.2 Å². The van der Waals surface area contributed by atoms with Crippen LogP contribution in [0.4, 0.5) is 10.2 Å². The number of anilines is 1. The van der Waals surface area contributed by atoms with Crippen molar-refractivity contribution in [1.82, 2.24) is 30.4 Å². The fourth-order valence-electron chi connectivity index (χ4n) is 5.03. The molecular formula is C27H38FN7O. The molecule has 0 amide bonds. The van der Waals surface area contributed by atoms with Crippen molar-refractivity contribution in [2.24, 2.45) is 0 Å². The van der Waals surface area contributed by atoms with Crippen molar-refractivity contribution in [3.8, 4) is 17.1 Å². The number of piperazine rings is 1. The van der Waals surface area contributed by atoms with Crippen LogP contribution in [0.1, 0.15) is 46.5 Å². The number of rotatable bonds is 6. The Hall–Kier alpha value is -2.78. The molecule has 1 aliphatic carbocycles. The van der Waals surface area contributed by atoms with Gasteiger partial charge in [0.25, 0.3) is 0 Å². The fraction of sp³-hybridized carbons (Fsp3) is 0.593. The molecule has 2 saturated heterocycles. The lowest BCUT2D eigenvalue weighted by Crippen LogP contribution is -2.53. The van der Waals surface area contributed by atoms with E-state index in [1.807, 2.05) is 38.1 Å². The molecule has 3 aromatic rings. The number of nitrogens with zero attached hydrogens (tertiary/aromatic N) is 5. The number of benzene rings is 1. The number of hydrogen-bond acceptors (Lipinski definition) is 7. The van der Waals surface area contributed by atoms with Crippen molar-refractivity contribution in [3.05, 3.63) is 30.6 Å². The zero-order chi connectivity index (χ0) is 25.2. The fourth-order valence-corrected chi connectivity index (χ4v) is 5.03. The summed E-state index contributed by atoms with van der Waals surface area (Å²) in [6, 6.07) is 8.05. The smallest absolute Gasteiger partial charge is 0.132 e. The second-order valence-corrected chi connectivity index (χ2v) is 10.3. The molecule has 3 aliphatic rings. The summed E-state index contributed by atoms with van der Waals surface area (Å²) in [5.41, 5.74) is 1.45. The lowest BCUT2D eigenvalue weighted by molar-refractivity contribution is 0.0591. The van der Waals surface area contributed by atoms with Crippen LogP contribution in [0.3, 0.4) is 0 Å². The molecule has 9 heteroatoms. The lowest BCUT2D eigenvalue weighted by Gasteiger charge is -2.40. The van der Waals surface area contributed by atoms with Crippen LogP contribution in [-0.2, 0) is 0 Å². The molecule has 0 unspecified atom stereocenters. The number of H-pyrrole nitrogens is 1. The van der Waals surface area contributed by atoms with E-state index < -0.39 is 5.67 Å².